The monoisotopic (exact) mass is 320 g/mol. The number of hydrogen-bond donors (Lipinski definition) is 2. The summed E-state index contributed by atoms with van der Waals surface area (Å²) in [5.41, 5.74) is 1.21. The van der Waals surface area contributed by atoms with Crippen LogP contribution in [-0.2, 0) is 10.0 Å². The molecule has 0 aliphatic carbocycles. The number of sulfonamides is 1. The van der Waals surface area contributed by atoms with Crippen molar-refractivity contribution in [2.24, 2.45) is 0 Å². The maximum Gasteiger partial charge on any atom is 0.265 e. The van der Waals surface area contributed by atoms with Gasteiger partial charge >= 0.3 is 0 Å². The third-order valence-corrected chi connectivity index (χ3v) is 4.38. The molecular weight excluding hydrogens is 311 g/mol. The molecule has 0 bridgehead atoms. The van der Waals surface area contributed by atoms with E-state index in [1.54, 1.807) is 13.8 Å². The first-order chi connectivity index (χ1) is 8.81. The van der Waals surface area contributed by atoms with E-state index in [1.165, 1.54) is 12.3 Å². The van der Waals surface area contributed by atoms with Crippen LogP contribution in [-0.4, -0.2) is 23.6 Å². The summed E-state index contributed by atoms with van der Waals surface area (Å²) in [5.74, 6) is 0. The Morgan fingerprint density at radius 2 is 2.00 bits per heavy atom. The lowest BCUT2D eigenvalue weighted by Crippen LogP contribution is -2.15. The zero-order chi connectivity index (χ0) is 14.2. The second-order valence-corrected chi connectivity index (χ2v) is 6.29. The predicted molar refractivity (Wildman–Crippen MR) is 73.1 cm³/mol. The van der Waals surface area contributed by atoms with Crippen molar-refractivity contribution in [2.45, 2.75) is 18.7 Å². The second kappa shape index (κ2) is 4.99. The van der Waals surface area contributed by atoms with Crippen LogP contribution < -0.4 is 4.72 Å². The van der Waals surface area contributed by atoms with E-state index < -0.39 is 10.0 Å². The first-order valence-corrected chi connectivity index (χ1v) is 7.40. The quantitative estimate of drug-likeness (QED) is 0.850. The van der Waals surface area contributed by atoms with Crippen molar-refractivity contribution < 1.29 is 8.42 Å². The van der Waals surface area contributed by atoms with Crippen molar-refractivity contribution in [3.8, 4) is 0 Å². The molecule has 2 heterocycles. The second-order valence-electron chi connectivity index (χ2n) is 3.89. The van der Waals surface area contributed by atoms with Gasteiger partial charge in [0, 0.05) is 0 Å². The highest BCUT2D eigenvalue weighted by atomic mass is 35.5. The van der Waals surface area contributed by atoms with Gasteiger partial charge in [0.25, 0.3) is 10.0 Å². The highest BCUT2D eigenvalue weighted by molar-refractivity contribution is 7.92. The van der Waals surface area contributed by atoms with Gasteiger partial charge in [-0.2, -0.15) is 5.10 Å². The first-order valence-electron chi connectivity index (χ1n) is 5.16. The van der Waals surface area contributed by atoms with Gasteiger partial charge in [0.2, 0.25) is 0 Å². The van der Waals surface area contributed by atoms with Crippen molar-refractivity contribution >= 4 is 38.9 Å². The van der Waals surface area contributed by atoms with E-state index >= 15 is 0 Å². The van der Waals surface area contributed by atoms with Gasteiger partial charge in [0.15, 0.2) is 5.15 Å². The lowest BCUT2D eigenvalue weighted by Gasteiger charge is -2.11. The molecular formula is C10H10Cl2N4O2S. The summed E-state index contributed by atoms with van der Waals surface area (Å²) in [6, 6.07) is 1.52. The molecule has 2 N–H and O–H groups in total. The van der Waals surface area contributed by atoms with E-state index in [9.17, 15) is 8.42 Å². The number of H-pyrrole nitrogens is 1. The summed E-state index contributed by atoms with van der Waals surface area (Å²) in [5, 5.41) is 6.43. The molecule has 102 valence electrons. The number of aryl methyl sites for hydroxylation is 2. The lowest BCUT2D eigenvalue weighted by atomic mass is 10.3. The van der Waals surface area contributed by atoms with Gasteiger partial charge in [0.1, 0.15) is 10.0 Å². The number of halogens is 2. The zero-order valence-electron chi connectivity index (χ0n) is 10.0. The fraction of sp³-hybridized carbons (Fsp3) is 0.200. The molecule has 2 aromatic heterocycles. The predicted octanol–water partition coefficient (Wildman–Crippen LogP) is 2.53. The van der Waals surface area contributed by atoms with Gasteiger partial charge in [-0.3, -0.25) is 9.82 Å². The number of aromatic amines is 1. The van der Waals surface area contributed by atoms with Crippen LogP contribution in [0.5, 0.6) is 0 Å². The molecule has 0 radical (unpaired) electrons. The molecule has 19 heavy (non-hydrogen) atoms. The van der Waals surface area contributed by atoms with E-state index in [-0.39, 0.29) is 20.9 Å². The van der Waals surface area contributed by atoms with Gasteiger partial charge in [-0.25, -0.2) is 13.4 Å². The maximum absolute atomic E-state index is 12.2. The Kier molecular flexibility index (Phi) is 3.71. The average Bonchev–Trinajstić information content (AvgIpc) is 2.70. The molecule has 2 rings (SSSR count). The van der Waals surface area contributed by atoms with Crippen LogP contribution in [0.25, 0.3) is 0 Å². The number of nitrogens with zero attached hydrogens (tertiary/aromatic N) is 2. The zero-order valence-corrected chi connectivity index (χ0v) is 12.4. The van der Waals surface area contributed by atoms with Crippen LogP contribution in [0.15, 0.2) is 17.2 Å². The van der Waals surface area contributed by atoms with Crippen LogP contribution in [0.2, 0.25) is 10.3 Å². The number of hydrogen-bond acceptors (Lipinski definition) is 4. The Morgan fingerprint density at radius 1 is 1.32 bits per heavy atom. The lowest BCUT2D eigenvalue weighted by molar-refractivity contribution is 0.600. The van der Waals surface area contributed by atoms with Crippen molar-refractivity contribution in [1.29, 1.82) is 0 Å². The topological polar surface area (TPSA) is 87.7 Å². The minimum atomic E-state index is -3.77. The van der Waals surface area contributed by atoms with Crippen molar-refractivity contribution in [3.63, 3.8) is 0 Å². The van der Waals surface area contributed by atoms with Crippen LogP contribution in [0.1, 0.15) is 11.3 Å². The molecule has 0 saturated carbocycles. The third-order valence-electron chi connectivity index (χ3n) is 2.45. The molecule has 0 aliphatic rings. The summed E-state index contributed by atoms with van der Waals surface area (Å²) in [4.78, 5) is 3.86. The fourth-order valence-electron chi connectivity index (χ4n) is 1.52. The molecule has 6 nitrogen and oxygen atoms in total. The van der Waals surface area contributed by atoms with Gasteiger partial charge in [-0.1, -0.05) is 23.2 Å². The normalized spacial score (nSPS) is 11.6. The van der Waals surface area contributed by atoms with Crippen LogP contribution >= 0.6 is 23.2 Å². The van der Waals surface area contributed by atoms with Crippen LogP contribution in [0.3, 0.4) is 0 Å². The molecule has 0 unspecified atom stereocenters. The number of aromatic nitrogens is 3. The van der Waals surface area contributed by atoms with Crippen LogP contribution in [0, 0.1) is 13.8 Å². The van der Waals surface area contributed by atoms with Crippen molar-refractivity contribution in [3.05, 3.63) is 33.8 Å². The Bertz CT molecular complexity index is 704. The smallest absolute Gasteiger partial charge is 0.265 e. The minimum Gasteiger partial charge on any atom is -0.281 e. The van der Waals surface area contributed by atoms with Gasteiger partial charge in [-0.05, 0) is 25.5 Å². The minimum absolute atomic E-state index is 0.00489. The van der Waals surface area contributed by atoms with E-state index in [2.05, 4.69) is 19.9 Å². The molecule has 0 aliphatic heterocycles. The Hall–Kier alpha value is -1.31. The van der Waals surface area contributed by atoms with Gasteiger partial charge in [0.05, 0.1) is 17.6 Å². The number of rotatable bonds is 3. The highest BCUT2D eigenvalue weighted by Gasteiger charge is 2.21. The largest absolute Gasteiger partial charge is 0.281 e. The molecule has 0 spiro atoms. The Morgan fingerprint density at radius 3 is 2.53 bits per heavy atom. The average molecular weight is 321 g/mol. The summed E-state index contributed by atoms with van der Waals surface area (Å²) >= 11 is 11.6. The van der Waals surface area contributed by atoms with E-state index in [4.69, 9.17) is 23.2 Å². The molecule has 0 amide bonds. The SMILES string of the molecule is Cc1cc(Cl)nc(Cl)c1NS(=O)(=O)c1cn[nH]c1C. The Labute approximate surface area is 120 Å². The molecule has 2 aromatic rings. The summed E-state index contributed by atoms with van der Waals surface area (Å²) in [6.45, 7) is 3.29. The van der Waals surface area contributed by atoms with Crippen LogP contribution in [0.4, 0.5) is 5.69 Å². The molecule has 0 saturated heterocycles. The highest BCUT2D eigenvalue weighted by Crippen LogP contribution is 2.28. The van der Waals surface area contributed by atoms with E-state index in [0.717, 1.165) is 0 Å². The van der Waals surface area contributed by atoms with Crippen molar-refractivity contribution in [1.82, 2.24) is 15.2 Å². The van der Waals surface area contributed by atoms with E-state index in [0.29, 0.717) is 11.3 Å². The van der Waals surface area contributed by atoms with E-state index in [1.807, 2.05) is 0 Å². The number of nitrogens with one attached hydrogen (secondary N) is 2. The molecule has 0 aromatic carbocycles. The van der Waals surface area contributed by atoms with Gasteiger partial charge in [-0.15, -0.1) is 0 Å². The molecule has 9 heteroatoms. The summed E-state index contributed by atoms with van der Waals surface area (Å²) < 4.78 is 26.7. The number of pyridine rings is 1. The first kappa shape index (κ1) is 14.1. The molecule has 0 atom stereocenters. The Balaban J connectivity index is 2.45. The summed E-state index contributed by atoms with van der Waals surface area (Å²) in [7, 11) is -3.77. The van der Waals surface area contributed by atoms with Crippen molar-refractivity contribution in [2.75, 3.05) is 4.72 Å². The maximum atomic E-state index is 12.2. The number of anilines is 1. The summed E-state index contributed by atoms with van der Waals surface area (Å²) in [6.07, 6.45) is 1.23. The standard InChI is InChI=1S/C10H10Cl2N4O2S/c1-5-3-8(11)14-10(12)9(5)16-19(17,18)7-4-13-15-6(7)2/h3-4,16H,1-2H3,(H,13,15). The third kappa shape index (κ3) is 2.83. The fourth-order valence-corrected chi connectivity index (χ4v) is 3.43. The molecule has 0 fully saturated rings. The van der Waals surface area contributed by atoms with Gasteiger partial charge < -0.3 is 0 Å².